The first kappa shape index (κ1) is 14.6. The van der Waals surface area contributed by atoms with Crippen molar-refractivity contribution in [3.8, 4) is 0 Å². The largest absolute Gasteiger partial charge is 0.444 e. The summed E-state index contributed by atoms with van der Waals surface area (Å²) in [6, 6.07) is 6.12. The summed E-state index contributed by atoms with van der Waals surface area (Å²) in [5.41, 5.74) is -0.446. The van der Waals surface area contributed by atoms with E-state index in [1.54, 1.807) is 11.1 Å². The molecule has 0 saturated carbocycles. The molecule has 0 aliphatic carbocycles. The third kappa shape index (κ3) is 3.62. The van der Waals surface area contributed by atoms with Crippen molar-refractivity contribution < 1.29 is 9.53 Å². The Morgan fingerprint density at radius 1 is 1.35 bits per heavy atom. The number of hydrogen-bond donors (Lipinski definition) is 0. The Bertz CT molecular complexity index is 456. The minimum absolute atomic E-state index is 0.228. The monoisotopic (exact) mass is 277 g/mol. The molecule has 2 rings (SSSR count). The van der Waals surface area contributed by atoms with Crippen LogP contribution in [0.25, 0.3) is 0 Å². The van der Waals surface area contributed by atoms with Crippen LogP contribution in [0.5, 0.6) is 0 Å². The van der Waals surface area contributed by atoms with Crippen molar-refractivity contribution in [1.29, 1.82) is 0 Å². The maximum atomic E-state index is 12.1. The van der Waals surface area contributed by atoms with Gasteiger partial charge in [-0.25, -0.2) is 9.78 Å². The van der Waals surface area contributed by atoms with Gasteiger partial charge in [-0.1, -0.05) is 6.07 Å². The van der Waals surface area contributed by atoms with Crippen LogP contribution in [0.4, 0.5) is 10.6 Å². The summed E-state index contributed by atoms with van der Waals surface area (Å²) in [6.45, 7) is 9.86. The van der Waals surface area contributed by atoms with Crippen LogP contribution in [0.15, 0.2) is 24.4 Å². The first-order valence-corrected chi connectivity index (χ1v) is 7.02. The van der Waals surface area contributed by atoms with Gasteiger partial charge in [-0.3, -0.25) is 0 Å². The van der Waals surface area contributed by atoms with Gasteiger partial charge in [0.25, 0.3) is 0 Å². The predicted octanol–water partition coefficient (Wildman–Crippen LogP) is 2.53. The van der Waals surface area contributed by atoms with E-state index in [-0.39, 0.29) is 12.1 Å². The van der Waals surface area contributed by atoms with Gasteiger partial charge in [0.15, 0.2) is 0 Å². The van der Waals surface area contributed by atoms with Crippen LogP contribution in [0.1, 0.15) is 27.7 Å². The van der Waals surface area contributed by atoms with Crippen LogP contribution in [0.2, 0.25) is 0 Å². The van der Waals surface area contributed by atoms with Crippen LogP contribution >= 0.6 is 0 Å². The Kier molecular flexibility index (Phi) is 4.16. The summed E-state index contributed by atoms with van der Waals surface area (Å²) in [5, 5.41) is 0. The number of hydrogen-bond acceptors (Lipinski definition) is 4. The Morgan fingerprint density at radius 2 is 2.10 bits per heavy atom. The highest BCUT2D eigenvalue weighted by Crippen LogP contribution is 2.19. The number of amides is 1. The molecule has 0 spiro atoms. The maximum Gasteiger partial charge on any atom is 0.410 e. The van der Waals surface area contributed by atoms with Gasteiger partial charge in [0.05, 0.1) is 0 Å². The predicted molar refractivity (Wildman–Crippen MR) is 78.9 cm³/mol. The van der Waals surface area contributed by atoms with Gasteiger partial charge >= 0.3 is 6.09 Å². The molecule has 0 aromatic carbocycles. The maximum absolute atomic E-state index is 12.1. The minimum atomic E-state index is -0.446. The lowest BCUT2D eigenvalue weighted by atomic mass is 10.2. The highest BCUT2D eigenvalue weighted by Gasteiger charge is 2.30. The van der Waals surface area contributed by atoms with Crippen LogP contribution in [0, 0.1) is 0 Å². The number of anilines is 1. The summed E-state index contributed by atoms with van der Waals surface area (Å²) >= 11 is 0. The quantitative estimate of drug-likeness (QED) is 0.791. The molecule has 0 N–H and O–H groups in total. The standard InChI is InChI=1S/C15H23N3O2/c1-12-11-17(14(19)20-15(2,3)4)9-10-18(12)13-7-5-6-8-16-13/h5-8,12H,9-11H2,1-4H3/t12-/m0/s1. The van der Waals surface area contributed by atoms with Gasteiger partial charge in [0.1, 0.15) is 11.4 Å². The fraction of sp³-hybridized carbons (Fsp3) is 0.600. The van der Waals surface area contributed by atoms with E-state index < -0.39 is 5.60 Å². The van der Waals surface area contributed by atoms with Crippen molar-refractivity contribution in [2.45, 2.75) is 39.3 Å². The molecule has 0 bridgehead atoms. The average molecular weight is 277 g/mol. The van der Waals surface area contributed by atoms with Crippen molar-refractivity contribution in [2.24, 2.45) is 0 Å². The molecule has 5 nitrogen and oxygen atoms in total. The zero-order chi connectivity index (χ0) is 14.8. The molecule has 1 aromatic rings. The number of pyridine rings is 1. The van der Waals surface area contributed by atoms with Gasteiger partial charge in [-0.2, -0.15) is 0 Å². The zero-order valence-corrected chi connectivity index (χ0v) is 12.7. The van der Waals surface area contributed by atoms with Crippen molar-refractivity contribution >= 4 is 11.9 Å². The lowest BCUT2D eigenvalue weighted by Gasteiger charge is -2.40. The Morgan fingerprint density at radius 3 is 2.65 bits per heavy atom. The van der Waals surface area contributed by atoms with Crippen molar-refractivity contribution in [1.82, 2.24) is 9.88 Å². The summed E-state index contributed by atoms with van der Waals surface area (Å²) in [6.07, 6.45) is 1.56. The molecule has 5 heteroatoms. The van der Waals surface area contributed by atoms with Crippen LogP contribution in [-0.4, -0.2) is 47.3 Å². The Hall–Kier alpha value is -1.78. The number of carbonyl (C=O) groups excluding carboxylic acids is 1. The molecule has 2 heterocycles. The SMILES string of the molecule is C[C@H]1CN(C(=O)OC(C)(C)C)CCN1c1ccccn1. The fourth-order valence-corrected chi connectivity index (χ4v) is 2.31. The normalized spacial score (nSPS) is 19.9. The van der Waals surface area contributed by atoms with Crippen molar-refractivity contribution in [2.75, 3.05) is 24.5 Å². The van der Waals surface area contributed by atoms with Gasteiger partial charge in [0.2, 0.25) is 0 Å². The molecule has 1 aliphatic heterocycles. The van der Waals surface area contributed by atoms with E-state index in [0.717, 1.165) is 12.4 Å². The van der Waals surface area contributed by atoms with Crippen LogP contribution in [0.3, 0.4) is 0 Å². The lowest BCUT2D eigenvalue weighted by Crippen LogP contribution is -2.54. The number of rotatable bonds is 1. The molecular weight excluding hydrogens is 254 g/mol. The van der Waals surface area contributed by atoms with Gasteiger partial charge < -0.3 is 14.5 Å². The number of piperazine rings is 1. The van der Waals surface area contributed by atoms with E-state index in [2.05, 4.69) is 16.8 Å². The van der Waals surface area contributed by atoms with Gasteiger partial charge in [-0.05, 0) is 39.8 Å². The molecule has 0 unspecified atom stereocenters. The Balaban J connectivity index is 1.97. The van der Waals surface area contributed by atoms with Crippen LogP contribution < -0.4 is 4.90 Å². The first-order chi connectivity index (χ1) is 9.37. The van der Waals surface area contributed by atoms with E-state index in [0.29, 0.717) is 13.1 Å². The van der Waals surface area contributed by atoms with Crippen molar-refractivity contribution in [3.05, 3.63) is 24.4 Å². The second kappa shape index (κ2) is 5.69. The van der Waals surface area contributed by atoms with E-state index in [1.165, 1.54) is 0 Å². The third-order valence-corrected chi connectivity index (χ3v) is 3.22. The Labute approximate surface area is 120 Å². The third-order valence-electron chi connectivity index (χ3n) is 3.22. The first-order valence-electron chi connectivity index (χ1n) is 7.02. The molecule has 1 saturated heterocycles. The highest BCUT2D eigenvalue weighted by molar-refractivity contribution is 5.68. The molecule has 1 fully saturated rings. The summed E-state index contributed by atoms with van der Waals surface area (Å²) in [4.78, 5) is 20.4. The molecule has 0 radical (unpaired) electrons. The lowest BCUT2D eigenvalue weighted by molar-refractivity contribution is 0.0218. The molecule has 1 amide bonds. The summed E-state index contributed by atoms with van der Waals surface area (Å²) in [7, 11) is 0. The number of ether oxygens (including phenoxy) is 1. The smallest absolute Gasteiger partial charge is 0.410 e. The molecule has 1 atom stereocenters. The van der Waals surface area contributed by atoms with Gasteiger partial charge in [-0.15, -0.1) is 0 Å². The number of aromatic nitrogens is 1. The number of nitrogens with zero attached hydrogens (tertiary/aromatic N) is 3. The molecule has 1 aromatic heterocycles. The second-order valence-corrected chi connectivity index (χ2v) is 6.16. The van der Waals surface area contributed by atoms with E-state index in [4.69, 9.17) is 4.74 Å². The fourth-order valence-electron chi connectivity index (χ4n) is 2.31. The molecule has 110 valence electrons. The molecule has 20 heavy (non-hydrogen) atoms. The highest BCUT2D eigenvalue weighted by atomic mass is 16.6. The van der Waals surface area contributed by atoms with E-state index >= 15 is 0 Å². The average Bonchev–Trinajstić information content (AvgIpc) is 2.37. The van der Waals surface area contributed by atoms with Crippen molar-refractivity contribution in [3.63, 3.8) is 0 Å². The van der Waals surface area contributed by atoms with E-state index in [1.807, 2.05) is 39.0 Å². The zero-order valence-electron chi connectivity index (χ0n) is 12.7. The minimum Gasteiger partial charge on any atom is -0.444 e. The molecule has 1 aliphatic rings. The molecular formula is C15H23N3O2. The topological polar surface area (TPSA) is 45.7 Å². The van der Waals surface area contributed by atoms with Gasteiger partial charge in [0, 0.05) is 31.9 Å². The summed E-state index contributed by atoms with van der Waals surface area (Å²) in [5.74, 6) is 0.962. The number of carbonyl (C=O) groups is 1. The second-order valence-electron chi connectivity index (χ2n) is 6.16. The van der Waals surface area contributed by atoms with E-state index in [9.17, 15) is 4.79 Å². The van der Waals surface area contributed by atoms with Crippen LogP contribution in [-0.2, 0) is 4.74 Å². The summed E-state index contributed by atoms with van der Waals surface area (Å²) < 4.78 is 5.42.